The van der Waals surface area contributed by atoms with E-state index < -0.39 is 35.2 Å². The minimum absolute atomic E-state index is 0.0324. The fourth-order valence-corrected chi connectivity index (χ4v) is 2.94. The van der Waals surface area contributed by atoms with Gasteiger partial charge in [0.2, 0.25) is 0 Å². The molecule has 3 N–H and O–H groups in total. The molecule has 0 heterocycles. The van der Waals surface area contributed by atoms with Crippen LogP contribution in [0.1, 0.15) is 52.5 Å². The standard InChI is InChI=1S/C23H34N2O6/c1-6-17(2)23(19(26)27,14-10-11-15-24-20(28)31-22(3,4)5)25-21(29)30-16-18-12-8-7-9-13-18/h6-9,12-13,17H,1,10-11,14-16H2,2-5H3,(H,24,28)(H,25,29)(H,26,27)/t17-,23+/m1/s1. The van der Waals surface area contributed by atoms with Crippen molar-refractivity contribution in [1.29, 1.82) is 0 Å². The summed E-state index contributed by atoms with van der Waals surface area (Å²) in [6, 6.07) is 9.11. The van der Waals surface area contributed by atoms with Crippen LogP contribution in [0, 0.1) is 5.92 Å². The van der Waals surface area contributed by atoms with Gasteiger partial charge in [-0.05, 0) is 45.6 Å². The molecule has 0 radical (unpaired) electrons. The Bertz CT molecular complexity index is 744. The highest BCUT2D eigenvalue weighted by Gasteiger charge is 2.44. The van der Waals surface area contributed by atoms with Gasteiger partial charge >= 0.3 is 18.2 Å². The number of rotatable bonds is 11. The Hall–Kier alpha value is -3.03. The first kappa shape index (κ1) is 26.0. The van der Waals surface area contributed by atoms with E-state index in [0.717, 1.165) is 5.56 Å². The summed E-state index contributed by atoms with van der Waals surface area (Å²) in [4.78, 5) is 36.2. The normalized spacial score (nSPS) is 13.9. The summed E-state index contributed by atoms with van der Waals surface area (Å²) in [5, 5.41) is 15.1. The van der Waals surface area contributed by atoms with Gasteiger partial charge in [-0.2, -0.15) is 0 Å². The summed E-state index contributed by atoms with van der Waals surface area (Å²) in [6.45, 7) is 11.0. The van der Waals surface area contributed by atoms with Gasteiger partial charge in [-0.1, -0.05) is 43.3 Å². The molecular formula is C23H34N2O6. The fourth-order valence-electron chi connectivity index (χ4n) is 2.94. The van der Waals surface area contributed by atoms with Gasteiger partial charge in [0, 0.05) is 12.5 Å². The molecule has 1 aromatic carbocycles. The van der Waals surface area contributed by atoms with Crippen molar-refractivity contribution >= 4 is 18.2 Å². The Kier molecular flexibility index (Phi) is 10.0. The lowest BCUT2D eigenvalue weighted by Gasteiger charge is -2.34. The molecule has 0 spiro atoms. The molecular weight excluding hydrogens is 400 g/mol. The van der Waals surface area contributed by atoms with Gasteiger partial charge in [-0.3, -0.25) is 0 Å². The zero-order chi connectivity index (χ0) is 23.5. The van der Waals surface area contributed by atoms with E-state index in [9.17, 15) is 19.5 Å². The minimum Gasteiger partial charge on any atom is -0.479 e. The molecule has 0 aromatic heterocycles. The lowest BCUT2D eigenvalue weighted by Crippen LogP contribution is -2.58. The monoisotopic (exact) mass is 434 g/mol. The quantitative estimate of drug-likeness (QED) is 0.354. The van der Waals surface area contributed by atoms with Crippen molar-refractivity contribution < 1.29 is 29.0 Å². The van der Waals surface area contributed by atoms with Gasteiger partial charge < -0.3 is 25.2 Å². The third-order valence-electron chi connectivity index (χ3n) is 4.72. The van der Waals surface area contributed by atoms with E-state index in [1.807, 2.05) is 30.3 Å². The number of unbranched alkanes of at least 4 members (excludes halogenated alkanes) is 1. The van der Waals surface area contributed by atoms with Crippen molar-refractivity contribution in [2.24, 2.45) is 5.92 Å². The van der Waals surface area contributed by atoms with Crippen LogP contribution in [0.15, 0.2) is 43.0 Å². The molecule has 172 valence electrons. The SMILES string of the molecule is C=C[C@@H](C)[C@](CCCCNC(=O)OC(C)(C)C)(NC(=O)OCc1ccccc1)C(=O)O. The highest BCUT2D eigenvalue weighted by atomic mass is 16.6. The number of carbonyl (C=O) groups is 3. The fraction of sp³-hybridized carbons (Fsp3) is 0.522. The first-order chi connectivity index (χ1) is 14.5. The molecule has 1 aromatic rings. The highest BCUT2D eigenvalue weighted by Crippen LogP contribution is 2.26. The molecule has 8 nitrogen and oxygen atoms in total. The molecule has 0 saturated heterocycles. The van der Waals surface area contributed by atoms with E-state index >= 15 is 0 Å². The maximum Gasteiger partial charge on any atom is 0.408 e. The molecule has 31 heavy (non-hydrogen) atoms. The van der Waals surface area contributed by atoms with Crippen molar-refractivity contribution in [3.63, 3.8) is 0 Å². The second kappa shape index (κ2) is 12.0. The van der Waals surface area contributed by atoms with E-state index in [-0.39, 0.29) is 13.0 Å². The number of alkyl carbamates (subject to hydrolysis) is 2. The van der Waals surface area contributed by atoms with Crippen molar-refractivity contribution in [2.75, 3.05) is 6.54 Å². The van der Waals surface area contributed by atoms with E-state index in [4.69, 9.17) is 9.47 Å². The Labute approximate surface area is 184 Å². The zero-order valence-electron chi connectivity index (χ0n) is 18.8. The van der Waals surface area contributed by atoms with Crippen LogP contribution in [-0.4, -0.2) is 40.9 Å². The number of carboxylic acid groups (broad SMARTS) is 1. The third-order valence-corrected chi connectivity index (χ3v) is 4.72. The van der Waals surface area contributed by atoms with Crippen LogP contribution in [0.25, 0.3) is 0 Å². The zero-order valence-corrected chi connectivity index (χ0v) is 18.8. The summed E-state index contributed by atoms with van der Waals surface area (Å²) in [5.74, 6) is -1.72. The summed E-state index contributed by atoms with van der Waals surface area (Å²) in [6.07, 6.45) is 1.25. The lowest BCUT2D eigenvalue weighted by molar-refractivity contribution is -0.146. The summed E-state index contributed by atoms with van der Waals surface area (Å²) in [5.41, 5.74) is -1.36. The molecule has 0 fully saturated rings. The van der Waals surface area contributed by atoms with Crippen molar-refractivity contribution in [2.45, 2.75) is 64.7 Å². The highest BCUT2D eigenvalue weighted by molar-refractivity contribution is 5.85. The number of aliphatic carboxylic acids is 1. The topological polar surface area (TPSA) is 114 Å². The number of hydrogen-bond donors (Lipinski definition) is 3. The Balaban J connectivity index is 2.66. The number of nitrogens with one attached hydrogen (secondary N) is 2. The number of benzene rings is 1. The number of carbonyl (C=O) groups excluding carboxylic acids is 2. The van der Waals surface area contributed by atoms with Crippen LogP contribution in [0.2, 0.25) is 0 Å². The molecule has 0 saturated carbocycles. The maximum atomic E-state index is 12.4. The average Bonchev–Trinajstić information content (AvgIpc) is 2.69. The minimum atomic E-state index is -1.57. The van der Waals surface area contributed by atoms with Gasteiger partial charge in [0.1, 0.15) is 17.7 Å². The molecule has 0 unspecified atom stereocenters. The Morgan fingerprint density at radius 3 is 2.32 bits per heavy atom. The molecule has 8 heteroatoms. The summed E-state index contributed by atoms with van der Waals surface area (Å²) < 4.78 is 10.4. The van der Waals surface area contributed by atoms with Gasteiger partial charge in [0.15, 0.2) is 0 Å². The van der Waals surface area contributed by atoms with Crippen molar-refractivity contribution in [3.05, 3.63) is 48.6 Å². The van der Waals surface area contributed by atoms with E-state index in [0.29, 0.717) is 19.4 Å². The number of ether oxygens (including phenoxy) is 2. The predicted octanol–water partition coefficient (Wildman–Crippen LogP) is 4.25. The second-order valence-corrected chi connectivity index (χ2v) is 8.37. The van der Waals surface area contributed by atoms with Crippen LogP contribution in [0.3, 0.4) is 0 Å². The molecule has 2 amide bonds. The average molecular weight is 435 g/mol. The number of carboxylic acids is 1. The van der Waals surface area contributed by atoms with Crippen LogP contribution >= 0.6 is 0 Å². The third kappa shape index (κ3) is 9.11. The maximum absolute atomic E-state index is 12.4. The molecule has 0 aliphatic heterocycles. The van der Waals surface area contributed by atoms with E-state index in [2.05, 4.69) is 17.2 Å². The first-order valence-electron chi connectivity index (χ1n) is 10.3. The molecule has 0 aliphatic carbocycles. The van der Waals surface area contributed by atoms with E-state index in [1.54, 1.807) is 27.7 Å². The molecule has 2 atom stereocenters. The van der Waals surface area contributed by atoms with Gasteiger partial charge in [0.25, 0.3) is 0 Å². The van der Waals surface area contributed by atoms with Crippen LogP contribution in [0.4, 0.5) is 9.59 Å². The molecule has 1 rings (SSSR count). The summed E-state index contributed by atoms with van der Waals surface area (Å²) >= 11 is 0. The lowest BCUT2D eigenvalue weighted by atomic mass is 9.80. The van der Waals surface area contributed by atoms with Crippen LogP contribution < -0.4 is 10.6 Å². The first-order valence-corrected chi connectivity index (χ1v) is 10.3. The molecule has 0 bridgehead atoms. The van der Waals surface area contributed by atoms with Gasteiger partial charge in [0.05, 0.1) is 0 Å². The van der Waals surface area contributed by atoms with Crippen LogP contribution in [-0.2, 0) is 20.9 Å². The van der Waals surface area contributed by atoms with Crippen molar-refractivity contribution in [1.82, 2.24) is 10.6 Å². The smallest absolute Gasteiger partial charge is 0.408 e. The number of amides is 2. The van der Waals surface area contributed by atoms with Crippen molar-refractivity contribution in [3.8, 4) is 0 Å². The summed E-state index contributed by atoms with van der Waals surface area (Å²) in [7, 11) is 0. The largest absolute Gasteiger partial charge is 0.479 e. The Morgan fingerprint density at radius 1 is 1.13 bits per heavy atom. The molecule has 0 aliphatic rings. The Morgan fingerprint density at radius 2 is 1.77 bits per heavy atom. The second-order valence-electron chi connectivity index (χ2n) is 8.37. The predicted molar refractivity (Wildman–Crippen MR) is 118 cm³/mol. The number of hydrogen-bond acceptors (Lipinski definition) is 5. The van der Waals surface area contributed by atoms with Gasteiger partial charge in [-0.15, -0.1) is 6.58 Å². The van der Waals surface area contributed by atoms with Gasteiger partial charge in [-0.25, -0.2) is 14.4 Å². The van der Waals surface area contributed by atoms with E-state index in [1.165, 1.54) is 6.08 Å². The van der Waals surface area contributed by atoms with Crippen LogP contribution in [0.5, 0.6) is 0 Å².